The number of pyridine rings is 1. The first kappa shape index (κ1) is 10.7. The van der Waals surface area contributed by atoms with Gasteiger partial charge in [0.1, 0.15) is 11.9 Å². The molecule has 1 unspecified atom stereocenters. The van der Waals surface area contributed by atoms with Crippen molar-refractivity contribution in [1.82, 2.24) is 4.98 Å². The zero-order valence-electron chi connectivity index (χ0n) is 9.14. The molecule has 5 nitrogen and oxygen atoms in total. The van der Waals surface area contributed by atoms with Crippen LogP contribution in [0.25, 0.3) is 0 Å². The molecule has 84 valence electrons. The molecular weight excluding hydrogens is 204 g/mol. The van der Waals surface area contributed by atoms with Gasteiger partial charge in [-0.2, -0.15) is 5.26 Å². The van der Waals surface area contributed by atoms with Gasteiger partial charge in [-0.3, -0.25) is 0 Å². The number of nitrogen functional groups attached to an aromatic ring is 1. The van der Waals surface area contributed by atoms with E-state index in [1.54, 1.807) is 13.0 Å². The highest BCUT2D eigenvalue weighted by Crippen LogP contribution is 2.29. The first-order chi connectivity index (χ1) is 7.52. The van der Waals surface area contributed by atoms with Gasteiger partial charge in [0, 0.05) is 25.4 Å². The minimum atomic E-state index is -0.690. The van der Waals surface area contributed by atoms with Crippen molar-refractivity contribution in [2.45, 2.75) is 18.9 Å². The number of anilines is 2. The number of hydrogen-bond acceptors (Lipinski definition) is 5. The predicted octanol–water partition coefficient (Wildman–Crippen LogP) is 0.497. The fourth-order valence-corrected chi connectivity index (χ4v) is 1.96. The normalized spacial score (nSPS) is 24.4. The molecule has 0 amide bonds. The van der Waals surface area contributed by atoms with Gasteiger partial charge in [0.15, 0.2) is 0 Å². The van der Waals surface area contributed by atoms with E-state index in [1.165, 1.54) is 6.20 Å². The first-order valence-corrected chi connectivity index (χ1v) is 5.15. The molecule has 2 heterocycles. The second kappa shape index (κ2) is 3.65. The fourth-order valence-electron chi connectivity index (χ4n) is 1.96. The molecule has 5 heteroatoms. The summed E-state index contributed by atoms with van der Waals surface area (Å²) in [6, 6.07) is 3.77. The summed E-state index contributed by atoms with van der Waals surface area (Å²) in [5, 5.41) is 18.9. The molecule has 1 saturated heterocycles. The van der Waals surface area contributed by atoms with Crippen LogP contribution >= 0.6 is 0 Å². The number of aromatic nitrogens is 1. The molecule has 1 fully saturated rings. The van der Waals surface area contributed by atoms with Gasteiger partial charge in [-0.1, -0.05) is 0 Å². The summed E-state index contributed by atoms with van der Waals surface area (Å²) in [7, 11) is 0. The molecule has 1 aliphatic rings. The van der Waals surface area contributed by atoms with E-state index in [0.29, 0.717) is 24.3 Å². The SMILES string of the molecule is CC1(O)CCN(c2cc(N)ncc2C#N)C1. The zero-order chi connectivity index (χ0) is 11.8. The van der Waals surface area contributed by atoms with Crippen LogP contribution in [0.5, 0.6) is 0 Å². The van der Waals surface area contributed by atoms with E-state index < -0.39 is 5.60 Å². The van der Waals surface area contributed by atoms with Crippen molar-refractivity contribution in [2.75, 3.05) is 23.7 Å². The number of nitrogens with two attached hydrogens (primary N) is 1. The summed E-state index contributed by atoms with van der Waals surface area (Å²) in [5.74, 6) is 0.389. The lowest BCUT2D eigenvalue weighted by molar-refractivity contribution is 0.0839. The summed E-state index contributed by atoms with van der Waals surface area (Å²) in [5.41, 5.74) is 6.17. The molecule has 0 spiro atoms. The van der Waals surface area contributed by atoms with Crippen molar-refractivity contribution in [1.29, 1.82) is 5.26 Å². The first-order valence-electron chi connectivity index (χ1n) is 5.15. The largest absolute Gasteiger partial charge is 0.388 e. The molecular formula is C11H14N4O. The van der Waals surface area contributed by atoms with Crippen LogP contribution in [-0.2, 0) is 0 Å². The van der Waals surface area contributed by atoms with E-state index in [2.05, 4.69) is 11.1 Å². The van der Waals surface area contributed by atoms with Gasteiger partial charge in [-0.05, 0) is 13.3 Å². The molecule has 1 atom stereocenters. The second-order valence-electron chi connectivity index (χ2n) is 4.41. The maximum atomic E-state index is 9.89. The van der Waals surface area contributed by atoms with E-state index >= 15 is 0 Å². The number of rotatable bonds is 1. The summed E-state index contributed by atoms with van der Waals surface area (Å²) in [4.78, 5) is 5.85. The molecule has 1 aromatic rings. The molecule has 1 aromatic heterocycles. The Morgan fingerprint density at radius 2 is 2.44 bits per heavy atom. The average Bonchev–Trinajstić information content (AvgIpc) is 2.59. The Hall–Kier alpha value is -1.80. The predicted molar refractivity (Wildman–Crippen MR) is 60.8 cm³/mol. The van der Waals surface area contributed by atoms with Gasteiger partial charge in [0.05, 0.1) is 16.9 Å². The van der Waals surface area contributed by atoms with Crippen LogP contribution in [-0.4, -0.2) is 28.8 Å². The summed E-state index contributed by atoms with van der Waals surface area (Å²) >= 11 is 0. The van der Waals surface area contributed by atoms with Crippen molar-refractivity contribution in [3.05, 3.63) is 17.8 Å². The number of nitrogens with zero attached hydrogens (tertiary/aromatic N) is 3. The molecule has 0 aliphatic carbocycles. The standard InChI is InChI=1S/C11H14N4O/c1-11(16)2-3-15(7-11)9-4-10(13)14-6-8(9)5-12/h4,6,16H,2-3,7H2,1H3,(H2,13,14). The Morgan fingerprint density at radius 3 is 3.00 bits per heavy atom. The number of aliphatic hydroxyl groups is 1. The van der Waals surface area contributed by atoms with Crippen LogP contribution in [0.4, 0.5) is 11.5 Å². The Bertz CT molecular complexity index is 450. The third-order valence-electron chi connectivity index (χ3n) is 2.82. The van der Waals surface area contributed by atoms with Gasteiger partial charge >= 0.3 is 0 Å². The Morgan fingerprint density at radius 1 is 1.69 bits per heavy atom. The highest BCUT2D eigenvalue weighted by atomic mass is 16.3. The third-order valence-corrected chi connectivity index (χ3v) is 2.82. The van der Waals surface area contributed by atoms with Crippen molar-refractivity contribution in [2.24, 2.45) is 0 Å². The van der Waals surface area contributed by atoms with E-state index in [0.717, 1.165) is 12.2 Å². The lowest BCUT2D eigenvalue weighted by atomic mass is 10.1. The quantitative estimate of drug-likeness (QED) is 0.716. The minimum Gasteiger partial charge on any atom is -0.388 e. The highest BCUT2D eigenvalue weighted by molar-refractivity contribution is 5.63. The topological polar surface area (TPSA) is 86.2 Å². The van der Waals surface area contributed by atoms with Crippen LogP contribution in [0.2, 0.25) is 0 Å². The number of nitriles is 1. The van der Waals surface area contributed by atoms with Gasteiger partial charge in [0.25, 0.3) is 0 Å². The van der Waals surface area contributed by atoms with Crippen molar-refractivity contribution in [3.8, 4) is 6.07 Å². The van der Waals surface area contributed by atoms with E-state index in [4.69, 9.17) is 11.0 Å². The monoisotopic (exact) mass is 218 g/mol. The maximum absolute atomic E-state index is 9.89. The lowest BCUT2D eigenvalue weighted by Crippen LogP contribution is -2.30. The van der Waals surface area contributed by atoms with E-state index in [1.807, 2.05) is 4.90 Å². The molecule has 3 N–H and O–H groups in total. The van der Waals surface area contributed by atoms with Gasteiger partial charge in [-0.15, -0.1) is 0 Å². The van der Waals surface area contributed by atoms with Gasteiger partial charge in [-0.25, -0.2) is 4.98 Å². The van der Waals surface area contributed by atoms with Gasteiger partial charge < -0.3 is 15.7 Å². The molecule has 2 rings (SSSR count). The summed E-state index contributed by atoms with van der Waals surface area (Å²) < 4.78 is 0. The molecule has 0 bridgehead atoms. The van der Waals surface area contributed by atoms with Crippen LogP contribution in [0.3, 0.4) is 0 Å². The molecule has 16 heavy (non-hydrogen) atoms. The van der Waals surface area contributed by atoms with Crippen molar-refractivity contribution >= 4 is 11.5 Å². The lowest BCUT2D eigenvalue weighted by Gasteiger charge is -2.21. The Labute approximate surface area is 94.1 Å². The van der Waals surface area contributed by atoms with Crippen molar-refractivity contribution in [3.63, 3.8) is 0 Å². The number of β-amino-alcohol motifs (C(OH)–C–C–N with tert-alkyl or cyclic N) is 1. The molecule has 0 aromatic carbocycles. The van der Waals surface area contributed by atoms with Crippen LogP contribution in [0, 0.1) is 11.3 Å². The average molecular weight is 218 g/mol. The Kier molecular flexibility index (Phi) is 2.44. The van der Waals surface area contributed by atoms with E-state index in [9.17, 15) is 5.11 Å². The van der Waals surface area contributed by atoms with Crippen LogP contribution in [0.1, 0.15) is 18.9 Å². The zero-order valence-corrected chi connectivity index (χ0v) is 9.14. The Balaban J connectivity index is 2.34. The van der Waals surface area contributed by atoms with Crippen LogP contribution < -0.4 is 10.6 Å². The fraction of sp³-hybridized carbons (Fsp3) is 0.455. The van der Waals surface area contributed by atoms with Gasteiger partial charge in [0.2, 0.25) is 0 Å². The van der Waals surface area contributed by atoms with E-state index in [-0.39, 0.29) is 0 Å². The highest BCUT2D eigenvalue weighted by Gasteiger charge is 2.32. The van der Waals surface area contributed by atoms with Crippen LogP contribution in [0.15, 0.2) is 12.3 Å². The number of hydrogen-bond donors (Lipinski definition) is 2. The van der Waals surface area contributed by atoms with Crippen molar-refractivity contribution < 1.29 is 5.11 Å². The molecule has 0 saturated carbocycles. The maximum Gasteiger partial charge on any atom is 0.125 e. The smallest absolute Gasteiger partial charge is 0.125 e. The molecule has 0 radical (unpaired) electrons. The third kappa shape index (κ3) is 1.92. The molecule has 1 aliphatic heterocycles. The summed E-state index contributed by atoms with van der Waals surface area (Å²) in [6.45, 7) is 3.04. The second-order valence-corrected chi connectivity index (χ2v) is 4.41. The minimum absolute atomic E-state index is 0.389. The summed E-state index contributed by atoms with van der Waals surface area (Å²) in [6.07, 6.45) is 2.16.